The van der Waals surface area contributed by atoms with Gasteiger partial charge in [0, 0.05) is 11.8 Å². The van der Waals surface area contributed by atoms with Gasteiger partial charge >= 0.3 is 5.97 Å². The van der Waals surface area contributed by atoms with E-state index < -0.39 is 30.4 Å². The predicted octanol–water partition coefficient (Wildman–Crippen LogP) is 2.65. The highest BCUT2D eigenvalue weighted by molar-refractivity contribution is 5.95. The highest BCUT2D eigenvalue weighted by atomic mass is 19.1. The molecular formula is C18H15FN2O4. The van der Waals surface area contributed by atoms with E-state index in [1.54, 1.807) is 24.3 Å². The second kappa shape index (κ2) is 8.45. The Morgan fingerprint density at radius 1 is 1.24 bits per heavy atom. The van der Waals surface area contributed by atoms with Gasteiger partial charge in [-0.3, -0.25) is 4.79 Å². The maximum Gasteiger partial charge on any atom is 0.344 e. The molecule has 0 aliphatic rings. The smallest absolute Gasteiger partial charge is 0.344 e. The Labute approximate surface area is 143 Å². The van der Waals surface area contributed by atoms with E-state index in [1.165, 1.54) is 25.1 Å². The van der Waals surface area contributed by atoms with E-state index in [-0.39, 0.29) is 5.75 Å². The Hall–Kier alpha value is -3.40. The van der Waals surface area contributed by atoms with E-state index in [0.717, 1.165) is 6.07 Å². The van der Waals surface area contributed by atoms with Crippen molar-refractivity contribution in [3.05, 3.63) is 59.9 Å². The van der Waals surface area contributed by atoms with Crippen LogP contribution in [0.15, 0.2) is 48.5 Å². The number of hydrogen-bond donors (Lipinski definition) is 1. The average Bonchev–Trinajstić information content (AvgIpc) is 2.60. The number of benzene rings is 2. The molecule has 25 heavy (non-hydrogen) atoms. The summed E-state index contributed by atoms with van der Waals surface area (Å²) in [6.07, 6.45) is -1.04. The molecule has 0 bridgehead atoms. The summed E-state index contributed by atoms with van der Waals surface area (Å²) in [5.41, 5.74) is 0.940. The number of halogens is 1. The van der Waals surface area contributed by atoms with E-state index in [9.17, 15) is 14.0 Å². The quantitative estimate of drug-likeness (QED) is 0.815. The van der Waals surface area contributed by atoms with Gasteiger partial charge in [0.1, 0.15) is 11.6 Å². The maximum atomic E-state index is 13.0. The zero-order valence-electron chi connectivity index (χ0n) is 13.4. The largest absolute Gasteiger partial charge is 0.482 e. The van der Waals surface area contributed by atoms with E-state index >= 15 is 0 Å². The Bertz CT molecular complexity index is 799. The maximum absolute atomic E-state index is 13.0. The number of rotatable bonds is 6. The molecule has 2 aromatic carbocycles. The molecule has 1 amide bonds. The summed E-state index contributed by atoms with van der Waals surface area (Å²) in [5, 5.41) is 11.3. The number of nitriles is 1. The monoisotopic (exact) mass is 342 g/mol. The molecule has 0 saturated carbocycles. The van der Waals surface area contributed by atoms with Crippen LogP contribution >= 0.6 is 0 Å². The summed E-state index contributed by atoms with van der Waals surface area (Å²) >= 11 is 0. The molecule has 0 spiro atoms. The number of hydrogen-bond acceptors (Lipinski definition) is 5. The Morgan fingerprint density at radius 2 is 1.96 bits per heavy atom. The number of carbonyl (C=O) groups excluding carboxylic acids is 2. The molecule has 6 nitrogen and oxygen atoms in total. The van der Waals surface area contributed by atoms with Crippen LogP contribution in [0.4, 0.5) is 10.1 Å². The third-order valence-corrected chi connectivity index (χ3v) is 3.11. The first-order valence-electron chi connectivity index (χ1n) is 7.37. The number of nitrogens with one attached hydrogen (secondary N) is 1. The van der Waals surface area contributed by atoms with Crippen molar-refractivity contribution in [2.24, 2.45) is 0 Å². The lowest BCUT2D eigenvalue weighted by atomic mass is 10.2. The third-order valence-electron chi connectivity index (χ3n) is 3.11. The van der Waals surface area contributed by atoms with Crippen molar-refractivity contribution in [3.63, 3.8) is 0 Å². The Kier molecular flexibility index (Phi) is 6.07. The first-order valence-corrected chi connectivity index (χ1v) is 7.37. The number of ether oxygens (including phenoxy) is 2. The zero-order chi connectivity index (χ0) is 18.2. The summed E-state index contributed by atoms with van der Waals surface area (Å²) in [7, 11) is 0. The fourth-order valence-electron chi connectivity index (χ4n) is 1.86. The van der Waals surface area contributed by atoms with Gasteiger partial charge in [0.15, 0.2) is 12.7 Å². The molecule has 0 radical (unpaired) electrons. The molecule has 0 fully saturated rings. The molecule has 0 unspecified atom stereocenters. The Morgan fingerprint density at radius 3 is 2.60 bits per heavy atom. The molecule has 1 N–H and O–H groups in total. The van der Waals surface area contributed by atoms with Crippen molar-refractivity contribution in [2.75, 3.05) is 11.9 Å². The minimum absolute atomic E-state index is 0.187. The van der Waals surface area contributed by atoms with Crippen molar-refractivity contribution in [3.8, 4) is 11.8 Å². The third kappa shape index (κ3) is 5.62. The Balaban J connectivity index is 1.81. The van der Waals surface area contributed by atoms with Gasteiger partial charge in [-0.25, -0.2) is 9.18 Å². The van der Waals surface area contributed by atoms with Crippen LogP contribution in [0.1, 0.15) is 12.5 Å². The SMILES string of the molecule is C[C@@H](OC(=O)COc1cccc(F)c1)C(=O)Nc1ccc(C#N)cc1. The van der Waals surface area contributed by atoms with Gasteiger partial charge in [-0.2, -0.15) is 5.26 Å². The first kappa shape index (κ1) is 17.9. The van der Waals surface area contributed by atoms with Crippen LogP contribution in [-0.2, 0) is 14.3 Å². The van der Waals surface area contributed by atoms with Crippen LogP contribution in [-0.4, -0.2) is 24.6 Å². The summed E-state index contributed by atoms with van der Waals surface area (Å²) in [5.74, 6) is -1.58. The van der Waals surface area contributed by atoms with Crippen molar-refractivity contribution in [2.45, 2.75) is 13.0 Å². The summed E-state index contributed by atoms with van der Waals surface area (Å²) in [6, 6.07) is 13.5. The van der Waals surface area contributed by atoms with E-state index in [1.807, 2.05) is 6.07 Å². The van der Waals surface area contributed by atoms with Crippen molar-refractivity contribution >= 4 is 17.6 Å². The lowest BCUT2D eigenvalue weighted by Crippen LogP contribution is -2.31. The molecule has 0 aliphatic carbocycles. The van der Waals surface area contributed by atoms with Crippen LogP contribution in [0.3, 0.4) is 0 Å². The zero-order valence-corrected chi connectivity index (χ0v) is 13.4. The van der Waals surface area contributed by atoms with Gasteiger partial charge in [-0.05, 0) is 43.3 Å². The molecule has 0 heterocycles. The van der Waals surface area contributed by atoms with Crippen molar-refractivity contribution in [1.82, 2.24) is 0 Å². The number of esters is 1. The minimum atomic E-state index is -1.04. The average molecular weight is 342 g/mol. The fourth-order valence-corrected chi connectivity index (χ4v) is 1.86. The van der Waals surface area contributed by atoms with Crippen LogP contribution in [0.25, 0.3) is 0 Å². The topological polar surface area (TPSA) is 88.4 Å². The predicted molar refractivity (Wildman–Crippen MR) is 87.2 cm³/mol. The van der Waals surface area contributed by atoms with Crippen molar-refractivity contribution < 1.29 is 23.5 Å². The van der Waals surface area contributed by atoms with E-state index in [4.69, 9.17) is 14.7 Å². The minimum Gasteiger partial charge on any atom is -0.482 e. The van der Waals surface area contributed by atoms with Gasteiger partial charge in [0.25, 0.3) is 5.91 Å². The lowest BCUT2D eigenvalue weighted by Gasteiger charge is -2.14. The van der Waals surface area contributed by atoms with Crippen molar-refractivity contribution in [1.29, 1.82) is 5.26 Å². The normalized spacial score (nSPS) is 11.1. The summed E-state index contributed by atoms with van der Waals surface area (Å²) < 4.78 is 23.1. The first-order chi connectivity index (χ1) is 12.0. The van der Waals surface area contributed by atoms with Gasteiger partial charge in [0.2, 0.25) is 0 Å². The lowest BCUT2D eigenvalue weighted by molar-refractivity contribution is -0.155. The number of anilines is 1. The molecule has 2 aromatic rings. The molecule has 0 saturated heterocycles. The van der Waals surface area contributed by atoms with Crippen LogP contribution in [0.2, 0.25) is 0 Å². The molecule has 2 rings (SSSR count). The standard InChI is InChI=1S/C18H15FN2O4/c1-12(18(23)21-15-7-5-13(10-20)6-8-15)25-17(22)11-24-16-4-2-3-14(19)9-16/h2-9,12H,11H2,1H3,(H,21,23)/t12-/m1/s1. The highest BCUT2D eigenvalue weighted by Crippen LogP contribution is 2.12. The van der Waals surface area contributed by atoms with Gasteiger partial charge in [-0.1, -0.05) is 6.07 Å². The van der Waals surface area contributed by atoms with Crippen LogP contribution in [0, 0.1) is 17.1 Å². The molecule has 128 valence electrons. The highest BCUT2D eigenvalue weighted by Gasteiger charge is 2.18. The molecule has 0 aliphatic heterocycles. The molecule has 7 heteroatoms. The number of carbonyl (C=O) groups is 2. The fraction of sp³-hybridized carbons (Fsp3) is 0.167. The molecule has 0 aromatic heterocycles. The summed E-state index contributed by atoms with van der Waals surface area (Å²) in [6.45, 7) is 0.969. The second-order valence-corrected chi connectivity index (χ2v) is 5.06. The number of nitrogens with zero attached hydrogens (tertiary/aromatic N) is 1. The second-order valence-electron chi connectivity index (χ2n) is 5.06. The summed E-state index contributed by atoms with van der Waals surface area (Å²) in [4.78, 5) is 23.7. The van der Waals surface area contributed by atoms with E-state index in [0.29, 0.717) is 11.3 Å². The van der Waals surface area contributed by atoms with Crippen LogP contribution < -0.4 is 10.1 Å². The number of amides is 1. The van der Waals surface area contributed by atoms with E-state index in [2.05, 4.69) is 5.32 Å². The van der Waals surface area contributed by atoms with Gasteiger partial charge in [-0.15, -0.1) is 0 Å². The molecule has 1 atom stereocenters. The van der Waals surface area contributed by atoms with Gasteiger partial charge in [0.05, 0.1) is 11.6 Å². The molecular weight excluding hydrogens is 327 g/mol. The van der Waals surface area contributed by atoms with Crippen LogP contribution in [0.5, 0.6) is 5.75 Å². The van der Waals surface area contributed by atoms with Gasteiger partial charge < -0.3 is 14.8 Å².